The molecule has 0 amide bonds. The highest BCUT2D eigenvalue weighted by molar-refractivity contribution is 5.82. The van der Waals surface area contributed by atoms with Crippen LogP contribution in [0.5, 0.6) is 0 Å². The molecule has 1 saturated carbocycles. The maximum absolute atomic E-state index is 11.3. The number of fused-ring (bicyclic) bond motifs is 1. The standard InChI is InChI=1S/C12H16O2/c1-2-14-12-5-3-4-9-8-10(13)6-7-11(9)12/h3-5,11-12H,2,6-8H2,1H3. The van der Waals surface area contributed by atoms with Gasteiger partial charge in [-0.1, -0.05) is 23.8 Å². The number of carbonyl (C=O) groups is 1. The first-order valence-corrected chi connectivity index (χ1v) is 5.32. The first kappa shape index (κ1) is 9.66. The first-order chi connectivity index (χ1) is 6.81. The van der Waals surface area contributed by atoms with Gasteiger partial charge in [0.2, 0.25) is 0 Å². The van der Waals surface area contributed by atoms with Crippen LogP contribution in [0, 0.1) is 5.92 Å². The van der Waals surface area contributed by atoms with Gasteiger partial charge < -0.3 is 4.74 Å². The van der Waals surface area contributed by atoms with Crippen LogP contribution in [-0.2, 0) is 9.53 Å². The van der Waals surface area contributed by atoms with Crippen molar-refractivity contribution in [1.82, 2.24) is 0 Å². The van der Waals surface area contributed by atoms with E-state index in [-0.39, 0.29) is 6.10 Å². The average Bonchev–Trinajstić information content (AvgIpc) is 2.18. The zero-order chi connectivity index (χ0) is 9.97. The number of ketones is 1. The van der Waals surface area contributed by atoms with E-state index >= 15 is 0 Å². The molecule has 0 spiro atoms. The molecule has 2 aliphatic carbocycles. The Hall–Kier alpha value is -0.890. The molecule has 0 aromatic rings. The summed E-state index contributed by atoms with van der Waals surface area (Å²) in [5.74, 6) is 0.829. The fourth-order valence-electron chi connectivity index (χ4n) is 2.29. The topological polar surface area (TPSA) is 26.3 Å². The summed E-state index contributed by atoms with van der Waals surface area (Å²) in [5, 5.41) is 0. The van der Waals surface area contributed by atoms with Crippen LogP contribution in [-0.4, -0.2) is 18.5 Å². The molecule has 2 heteroatoms. The number of Topliss-reactive ketones (excluding diaryl/α,β-unsaturated/α-hetero) is 1. The summed E-state index contributed by atoms with van der Waals surface area (Å²) in [6, 6.07) is 0. The van der Waals surface area contributed by atoms with E-state index in [4.69, 9.17) is 4.74 Å². The van der Waals surface area contributed by atoms with Gasteiger partial charge in [0.1, 0.15) is 5.78 Å². The van der Waals surface area contributed by atoms with E-state index in [1.54, 1.807) is 0 Å². The SMILES string of the molecule is CCOC1C=CC=C2CC(=O)CCC21. The van der Waals surface area contributed by atoms with Crippen LogP contribution in [0.15, 0.2) is 23.8 Å². The summed E-state index contributed by atoms with van der Waals surface area (Å²) in [6.07, 6.45) is 8.72. The Bertz CT molecular complexity index is 289. The van der Waals surface area contributed by atoms with Crippen LogP contribution in [0.1, 0.15) is 26.2 Å². The molecule has 0 aromatic heterocycles. The van der Waals surface area contributed by atoms with Crippen molar-refractivity contribution in [2.45, 2.75) is 32.3 Å². The Kier molecular flexibility index (Phi) is 2.82. The summed E-state index contributed by atoms with van der Waals surface area (Å²) in [5.41, 5.74) is 1.27. The Labute approximate surface area is 84.6 Å². The summed E-state index contributed by atoms with van der Waals surface area (Å²) in [7, 11) is 0. The highest BCUT2D eigenvalue weighted by Gasteiger charge is 2.30. The predicted octanol–water partition coefficient (Wildman–Crippen LogP) is 2.26. The lowest BCUT2D eigenvalue weighted by atomic mass is 9.78. The van der Waals surface area contributed by atoms with Gasteiger partial charge in [-0.2, -0.15) is 0 Å². The van der Waals surface area contributed by atoms with Gasteiger partial charge in [-0.05, 0) is 13.3 Å². The number of allylic oxidation sites excluding steroid dienone is 2. The van der Waals surface area contributed by atoms with Crippen molar-refractivity contribution in [3.63, 3.8) is 0 Å². The summed E-state index contributed by atoms with van der Waals surface area (Å²) in [6.45, 7) is 2.76. The largest absolute Gasteiger partial charge is 0.374 e. The Balaban J connectivity index is 2.11. The quantitative estimate of drug-likeness (QED) is 0.670. The fourth-order valence-corrected chi connectivity index (χ4v) is 2.29. The minimum absolute atomic E-state index is 0.202. The van der Waals surface area contributed by atoms with Gasteiger partial charge >= 0.3 is 0 Å². The molecule has 0 heterocycles. The number of carbonyl (C=O) groups excluding carboxylic acids is 1. The lowest BCUT2D eigenvalue weighted by molar-refractivity contribution is -0.120. The van der Waals surface area contributed by atoms with Gasteiger partial charge in [0, 0.05) is 25.4 Å². The normalized spacial score (nSPS) is 31.2. The number of hydrogen-bond donors (Lipinski definition) is 0. The van der Waals surface area contributed by atoms with Crippen molar-refractivity contribution in [3.8, 4) is 0 Å². The second kappa shape index (κ2) is 4.09. The molecular formula is C12H16O2. The van der Waals surface area contributed by atoms with Gasteiger partial charge in [-0.3, -0.25) is 4.79 Å². The average molecular weight is 192 g/mol. The fraction of sp³-hybridized carbons (Fsp3) is 0.583. The van der Waals surface area contributed by atoms with Crippen LogP contribution in [0.4, 0.5) is 0 Å². The van der Waals surface area contributed by atoms with E-state index in [0.717, 1.165) is 19.4 Å². The molecule has 0 aromatic carbocycles. The molecule has 0 aliphatic heterocycles. The van der Waals surface area contributed by atoms with Crippen LogP contribution < -0.4 is 0 Å². The van der Waals surface area contributed by atoms with Crippen LogP contribution in [0.3, 0.4) is 0 Å². The molecule has 0 saturated heterocycles. The molecule has 0 bridgehead atoms. The first-order valence-electron chi connectivity index (χ1n) is 5.32. The summed E-state index contributed by atoms with van der Waals surface area (Å²) >= 11 is 0. The van der Waals surface area contributed by atoms with E-state index < -0.39 is 0 Å². The zero-order valence-electron chi connectivity index (χ0n) is 8.53. The third-order valence-corrected chi connectivity index (χ3v) is 2.98. The van der Waals surface area contributed by atoms with Crippen molar-refractivity contribution in [3.05, 3.63) is 23.8 Å². The van der Waals surface area contributed by atoms with Gasteiger partial charge in [0.15, 0.2) is 0 Å². The minimum atomic E-state index is 0.202. The van der Waals surface area contributed by atoms with Crippen LogP contribution in [0.2, 0.25) is 0 Å². The van der Waals surface area contributed by atoms with Crippen molar-refractivity contribution in [2.75, 3.05) is 6.61 Å². The molecule has 14 heavy (non-hydrogen) atoms. The monoisotopic (exact) mass is 192 g/mol. The summed E-state index contributed by atoms with van der Waals surface area (Å²) < 4.78 is 5.65. The Morgan fingerprint density at radius 3 is 3.21 bits per heavy atom. The van der Waals surface area contributed by atoms with Crippen molar-refractivity contribution < 1.29 is 9.53 Å². The molecule has 2 atom stereocenters. The molecule has 0 N–H and O–H groups in total. The number of ether oxygens (including phenoxy) is 1. The van der Waals surface area contributed by atoms with Gasteiger partial charge in [-0.15, -0.1) is 0 Å². The maximum Gasteiger partial charge on any atom is 0.136 e. The van der Waals surface area contributed by atoms with E-state index in [1.807, 2.05) is 13.0 Å². The smallest absolute Gasteiger partial charge is 0.136 e. The minimum Gasteiger partial charge on any atom is -0.374 e. The molecule has 2 unspecified atom stereocenters. The zero-order valence-corrected chi connectivity index (χ0v) is 8.53. The molecule has 2 nitrogen and oxygen atoms in total. The van der Waals surface area contributed by atoms with Crippen LogP contribution >= 0.6 is 0 Å². The number of hydrogen-bond acceptors (Lipinski definition) is 2. The van der Waals surface area contributed by atoms with Gasteiger partial charge in [0.25, 0.3) is 0 Å². The van der Waals surface area contributed by atoms with Crippen molar-refractivity contribution in [1.29, 1.82) is 0 Å². The third kappa shape index (κ3) is 1.80. The molecule has 2 rings (SSSR count). The molecular weight excluding hydrogens is 176 g/mol. The lowest BCUT2D eigenvalue weighted by Crippen LogP contribution is -2.30. The van der Waals surface area contributed by atoms with E-state index in [2.05, 4.69) is 12.2 Å². The Morgan fingerprint density at radius 2 is 2.43 bits per heavy atom. The number of rotatable bonds is 2. The maximum atomic E-state index is 11.3. The second-order valence-electron chi connectivity index (χ2n) is 3.91. The van der Waals surface area contributed by atoms with Gasteiger partial charge in [-0.25, -0.2) is 0 Å². The van der Waals surface area contributed by atoms with E-state index in [9.17, 15) is 4.79 Å². The van der Waals surface area contributed by atoms with Crippen LogP contribution in [0.25, 0.3) is 0 Å². The van der Waals surface area contributed by atoms with Crippen molar-refractivity contribution in [2.24, 2.45) is 5.92 Å². The predicted molar refractivity (Wildman–Crippen MR) is 55.0 cm³/mol. The van der Waals surface area contributed by atoms with Crippen molar-refractivity contribution >= 4 is 5.78 Å². The molecule has 0 radical (unpaired) electrons. The van der Waals surface area contributed by atoms with E-state index in [1.165, 1.54) is 5.57 Å². The third-order valence-electron chi connectivity index (χ3n) is 2.98. The lowest BCUT2D eigenvalue weighted by Gasteiger charge is -2.32. The molecule has 2 aliphatic rings. The van der Waals surface area contributed by atoms with E-state index in [0.29, 0.717) is 18.1 Å². The highest BCUT2D eigenvalue weighted by Crippen LogP contribution is 2.34. The second-order valence-corrected chi connectivity index (χ2v) is 3.91. The summed E-state index contributed by atoms with van der Waals surface area (Å²) in [4.78, 5) is 11.3. The molecule has 76 valence electrons. The Morgan fingerprint density at radius 1 is 1.57 bits per heavy atom. The van der Waals surface area contributed by atoms with Gasteiger partial charge in [0.05, 0.1) is 6.10 Å². The highest BCUT2D eigenvalue weighted by atomic mass is 16.5. The molecule has 1 fully saturated rings.